The summed E-state index contributed by atoms with van der Waals surface area (Å²) in [5.41, 5.74) is 6.08. The number of anilines is 1. The molecule has 0 saturated carbocycles. The molecule has 0 fully saturated rings. The third-order valence-corrected chi connectivity index (χ3v) is 3.64. The fraction of sp³-hybridized carbons (Fsp3) is 0.118. The second-order valence-electron chi connectivity index (χ2n) is 5.05. The van der Waals surface area contributed by atoms with Gasteiger partial charge in [-0.3, -0.25) is 20.4 Å². The second-order valence-corrected chi connectivity index (χ2v) is 5.89. The van der Waals surface area contributed by atoms with E-state index in [9.17, 15) is 9.59 Å². The van der Waals surface area contributed by atoms with Gasteiger partial charge in [-0.15, -0.1) is 0 Å². The first-order valence-corrected chi connectivity index (χ1v) is 8.30. The summed E-state index contributed by atoms with van der Waals surface area (Å²) in [7, 11) is 1.58. The maximum absolute atomic E-state index is 11.9. The highest BCUT2D eigenvalue weighted by molar-refractivity contribution is 7.80. The van der Waals surface area contributed by atoms with E-state index >= 15 is 0 Å². The van der Waals surface area contributed by atoms with Crippen molar-refractivity contribution in [2.24, 2.45) is 0 Å². The number of amides is 2. The number of hydrogen-bond acceptors (Lipinski definition) is 4. The summed E-state index contributed by atoms with van der Waals surface area (Å²) in [6, 6.07) is 13.4. The van der Waals surface area contributed by atoms with Crippen LogP contribution in [0.1, 0.15) is 10.4 Å². The minimum absolute atomic E-state index is 0.201. The second kappa shape index (κ2) is 9.59. The quantitative estimate of drug-likeness (QED) is 0.460. The molecule has 0 unspecified atom stereocenters. The maximum Gasteiger partial charge on any atom is 0.257 e. The van der Waals surface area contributed by atoms with Crippen molar-refractivity contribution in [1.29, 1.82) is 0 Å². The number of rotatable bonds is 5. The van der Waals surface area contributed by atoms with Gasteiger partial charge in [-0.2, -0.15) is 0 Å². The molecule has 0 radical (unpaired) electrons. The van der Waals surface area contributed by atoms with E-state index in [0.29, 0.717) is 10.6 Å². The van der Waals surface area contributed by atoms with Crippen LogP contribution in [-0.2, 0) is 4.79 Å². The lowest BCUT2D eigenvalue weighted by atomic mass is 10.2. The Morgan fingerprint density at radius 2 is 1.69 bits per heavy atom. The van der Waals surface area contributed by atoms with Crippen molar-refractivity contribution in [3.05, 3.63) is 59.1 Å². The summed E-state index contributed by atoms with van der Waals surface area (Å²) in [6.07, 6.45) is 0. The van der Waals surface area contributed by atoms with Crippen LogP contribution in [0.4, 0.5) is 5.69 Å². The van der Waals surface area contributed by atoms with E-state index in [1.165, 1.54) is 0 Å². The van der Waals surface area contributed by atoms with Gasteiger partial charge in [0.05, 0.1) is 13.7 Å². The third-order valence-electron chi connectivity index (χ3n) is 3.18. The van der Waals surface area contributed by atoms with E-state index in [1.54, 1.807) is 55.6 Å². The Hall–Kier alpha value is -2.84. The SMILES string of the molecule is COc1ccc(NC(=S)NNC(=O)CNC(=O)c2ccc(Cl)cc2)cc1. The van der Waals surface area contributed by atoms with Crippen molar-refractivity contribution in [3.8, 4) is 5.75 Å². The van der Waals surface area contributed by atoms with Crippen LogP contribution in [0, 0.1) is 0 Å². The fourth-order valence-corrected chi connectivity index (χ4v) is 2.17. The van der Waals surface area contributed by atoms with Crippen LogP contribution in [0.15, 0.2) is 48.5 Å². The van der Waals surface area contributed by atoms with Crippen LogP contribution in [0.5, 0.6) is 5.75 Å². The largest absolute Gasteiger partial charge is 0.497 e. The summed E-state index contributed by atoms with van der Waals surface area (Å²) < 4.78 is 5.06. The Morgan fingerprint density at radius 3 is 2.31 bits per heavy atom. The van der Waals surface area contributed by atoms with Crippen molar-refractivity contribution in [1.82, 2.24) is 16.2 Å². The first kappa shape index (κ1) is 19.5. The highest BCUT2D eigenvalue weighted by atomic mass is 35.5. The number of ether oxygens (including phenoxy) is 1. The number of methoxy groups -OCH3 is 1. The molecule has 2 rings (SSSR count). The number of hydrogen-bond donors (Lipinski definition) is 4. The molecule has 2 aromatic carbocycles. The van der Waals surface area contributed by atoms with Gasteiger partial charge < -0.3 is 15.4 Å². The van der Waals surface area contributed by atoms with Gasteiger partial charge in [-0.05, 0) is 60.7 Å². The van der Waals surface area contributed by atoms with Crippen LogP contribution in [0.25, 0.3) is 0 Å². The molecule has 2 aromatic rings. The molecule has 0 heterocycles. The Labute approximate surface area is 161 Å². The summed E-state index contributed by atoms with van der Waals surface area (Å²) in [5, 5.41) is 6.12. The fourth-order valence-electron chi connectivity index (χ4n) is 1.87. The van der Waals surface area contributed by atoms with Crippen molar-refractivity contribution in [3.63, 3.8) is 0 Å². The van der Waals surface area contributed by atoms with Gasteiger partial charge >= 0.3 is 0 Å². The lowest BCUT2D eigenvalue weighted by molar-refractivity contribution is -0.120. The molecule has 0 spiro atoms. The summed E-state index contributed by atoms with van der Waals surface area (Å²) in [5.74, 6) is -0.110. The molecule has 7 nitrogen and oxygen atoms in total. The molecule has 4 N–H and O–H groups in total. The Kier molecular flexibility index (Phi) is 7.19. The number of carbonyl (C=O) groups is 2. The highest BCUT2D eigenvalue weighted by Gasteiger charge is 2.08. The molecule has 0 aliphatic heterocycles. The van der Waals surface area contributed by atoms with Gasteiger partial charge in [-0.25, -0.2) is 0 Å². The molecule has 0 saturated heterocycles. The Morgan fingerprint density at radius 1 is 1.04 bits per heavy atom. The molecule has 0 atom stereocenters. The first-order valence-electron chi connectivity index (χ1n) is 7.51. The monoisotopic (exact) mass is 392 g/mol. The molecule has 0 bridgehead atoms. The van der Waals surface area contributed by atoms with Gasteiger partial charge in [0.2, 0.25) is 0 Å². The lowest BCUT2D eigenvalue weighted by Gasteiger charge is -2.12. The summed E-state index contributed by atoms with van der Waals surface area (Å²) in [6.45, 7) is -0.209. The standard InChI is InChI=1S/C17H17ClN4O3S/c1-25-14-8-6-13(7-9-14)20-17(26)22-21-15(23)10-19-16(24)11-2-4-12(18)5-3-11/h2-9H,10H2,1H3,(H,19,24)(H,21,23)(H2,20,22,26). The van der Waals surface area contributed by atoms with Gasteiger partial charge in [0, 0.05) is 16.3 Å². The molecule has 0 aliphatic carbocycles. The van der Waals surface area contributed by atoms with Gasteiger partial charge in [0.1, 0.15) is 5.75 Å². The minimum atomic E-state index is -0.453. The average Bonchev–Trinajstić information content (AvgIpc) is 2.65. The zero-order valence-electron chi connectivity index (χ0n) is 13.8. The number of hydrazine groups is 1. The van der Waals surface area contributed by atoms with Crippen LogP contribution >= 0.6 is 23.8 Å². The normalized spacial score (nSPS) is 9.77. The van der Waals surface area contributed by atoms with Crippen molar-refractivity contribution in [2.75, 3.05) is 19.0 Å². The van der Waals surface area contributed by atoms with Gasteiger partial charge in [0.15, 0.2) is 5.11 Å². The molecule has 0 aliphatic rings. The van der Waals surface area contributed by atoms with Crippen LogP contribution in [-0.4, -0.2) is 30.6 Å². The van der Waals surface area contributed by atoms with Crippen LogP contribution in [0.3, 0.4) is 0 Å². The zero-order valence-corrected chi connectivity index (χ0v) is 15.4. The van der Waals surface area contributed by atoms with Gasteiger partial charge in [0.25, 0.3) is 11.8 Å². The first-order chi connectivity index (χ1) is 12.5. The number of halogens is 1. The average molecular weight is 393 g/mol. The van der Waals surface area contributed by atoms with Crippen molar-refractivity contribution >= 4 is 46.4 Å². The lowest BCUT2D eigenvalue weighted by Crippen LogP contribution is -2.47. The van der Waals surface area contributed by atoms with E-state index in [0.717, 1.165) is 11.4 Å². The van der Waals surface area contributed by atoms with Crippen LogP contribution in [0.2, 0.25) is 5.02 Å². The number of benzene rings is 2. The van der Waals surface area contributed by atoms with E-state index in [2.05, 4.69) is 21.5 Å². The molecule has 0 aromatic heterocycles. The molecule has 136 valence electrons. The Balaban J connectivity index is 1.71. The zero-order chi connectivity index (χ0) is 18.9. The smallest absolute Gasteiger partial charge is 0.257 e. The van der Waals surface area contributed by atoms with E-state index in [4.69, 9.17) is 28.6 Å². The number of carbonyl (C=O) groups excluding carboxylic acids is 2. The van der Waals surface area contributed by atoms with E-state index in [1.807, 2.05) is 0 Å². The highest BCUT2D eigenvalue weighted by Crippen LogP contribution is 2.14. The number of thiocarbonyl (C=S) groups is 1. The number of nitrogens with one attached hydrogen (secondary N) is 4. The molecule has 2 amide bonds. The summed E-state index contributed by atoms with van der Waals surface area (Å²) in [4.78, 5) is 23.6. The van der Waals surface area contributed by atoms with Gasteiger partial charge in [-0.1, -0.05) is 11.6 Å². The maximum atomic E-state index is 11.9. The topological polar surface area (TPSA) is 91.5 Å². The van der Waals surface area contributed by atoms with Crippen LogP contribution < -0.4 is 26.2 Å². The molecular weight excluding hydrogens is 376 g/mol. The molecule has 26 heavy (non-hydrogen) atoms. The van der Waals surface area contributed by atoms with Crippen molar-refractivity contribution < 1.29 is 14.3 Å². The molecule has 9 heteroatoms. The third kappa shape index (κ3) is 6.23. The Bertz CT molecular complexity index is 782. The summed E-state index contributed by atoms with van der Waals surface area (Å²) >= 11 is 10.8. The predicted molar refractivity (Wildman–Crippen MR) is 104 cm³/mol. The van der Waals surface area contributed by atoms with Crippen molar-refractivity contribution in [2.45, 2.75) is 0 Å². The molecular formula is C17H17ClN4O3S. The minimum Gasteiger partial charge on any atom is -0.497 e. The van der Waals surface area contributed by atoms with E-state index < -0.39 is 5.91 Å². The van der Waals surface area contributed by atoms with E-state index in [-0.39, 0.29) is 17.6 Å². The predicted octanol–water partition coefficient (Wildman–Crippen LogP) is 2.10.